The van der Waals surface area contributed by atoms with Crippen molar-refractivity contribution in [3.05, 3.63) is 95.8 Å². The summed E-state index contributed by atoms with van der Waals surface area (Å²) in [5.74, 6) is 1.69. The van der Waals surface area contributed by atoms with Crippen LogP contribution in [-0.4, -0.2) is 0 Å². The lowest BCUT2D eigenvalue weighted by Crippen LogP contribution is -2.15. The van der Waals surface area contributed by atoms with Gasteiger partial charge in [-0.05, 0) is 86.3 Å². The summed E-state index contributed by atoms with van der Waals surface area (Å²) in [5.41, 5.74) is 4.29. The van der Waals surface area contributed by atoms with Gasteiger partial charge in [-0.25, -0.2) is 4.39 Å². The molecule has 0 heterocycles. The van der Waals surface area contributed by atoms with Crippen LogP contribution in [-0.2, 0) is 12.8 Å². The Hall–Kier alpha value is -2.67. The number of hydrogen-bond donors (Lipinski definition) is 0. The lowest BCUT2D eigenvalue weighted by Gasteiger charge is -2.28. The molecule has 1 aliphatic carbocycles. The van der Waals surface area contributed by atoms with Crippen LogP contribution in [0.5, 0.6) is 0 Å². The number of benzene rings is 3. The summed E-state index contributed by atoms with van der Waals surface area (Å²) in [4.78, 5) is 0. The molecule has 0 unspecified atom stereocenters. The minimum absolute atomic E-state index is 0.110. The third-order valence-corrected chi connectivity index (χ3v) is 7.90. The van der Waals surface area contributed by atoms with Gasteiger partial charge in [0.1, 0.15) is 5.82 Å². The normalized spacial score (nSPS) is 18.7. The smallest absolute Gasteiger partial charge is 0.138 e. The van der Waals surface area contributed by atoms with Crippen LogP contribution in [0.1, 0.15) is 76.3 Å². The molecule has 0 spiro atoms. The van der Waals surface area contributed by atoms with E-state index >= 15 is 4.39 Å². The molecule has 184 valence electrons. The highest BCUT2D eigenvalue weighted by atomic mass is 19.1. The summed E-state index contributed by atoms with van der Waals surface area (Å²) in [7, 11) is 0. The van der Waals surface area contributed by atoms with E-state index in [1.54, 1.807) is 0 Å². The van der Waals surface area contributed by atoms with Gasteiger partial charge in [0, 0.05) is 10.9 Å². The monoisotopic (exact) mass is 468 g/mol. The highest BCUT2D eigenvalue weighted by Crippen LogP contribution is 2.34. The molecule has 0 N–H and O–H groups in total. The van der Waals surface area contributed by atoms with E-state index in [4.69, 9.17) is 0 Å². The van der Waals surface area contributed by atoms with E-state index in [0.29, 0.717) is 10.9 Å². The molecule has 0 aliphatic heterocycles. The molecule has 3 aromatic carbocycles. The fourth-order valence-electron chi connectivity index (χ4n) is 5.67. The fraction of sp³-hybridized carbons (Fsp3) is 0.412. The second-order valence-electron chi connectivity index (χ2n) is 10.4. The molecule has 0 radical (unpaired) electrons. The summed E-state index contributed by atoms with van der Waals surface area (Å²) in [5, 5.41) is 1.69. The third-order valence-electron chi connectivity index (χ3n) is 7.90. The van der Waals surface area contributed by atoms with E-state index < -0.39 is 0 Å². The Morgan fingerprint density at radius 2 is 1.37 bits per heavy atom. The molecule has 1 heteroatoms. The standard InChI is InChI=1S/C34H41F/c1-3-5-7-9-26-11-13-27(14-12-26)15-16-28-17-20-30(21-18-28)32-24-22-31-25-29(10-8-6-4-2)19-23-33(31)34(32)35/h3-6,17-27H,7-16H2,1-2H3/b5-3+,6-4+. The largest absolute Gasteiger partial charge is 0.206 e. The number of rotatable bonds is 10. The first-order valence-electron chi connectivity index (χ1n) is 13.7. The minimum atomic E-state index is -0.110. The van der Waals surface area contributed by atoms with E-state index in [1.165, 1.54) is 56.1 Å². The lowest BCUT2D eigenvalue weighted by atomic mass is 9.78. The van der Waals surface area contributed by atoms with Gasteiger partial charge in [-0.15, -0.1) is 0 Å². The molecule has 0 aromatic heterocycles. The SMILES string of the molecule is C/C=C/CCc1ccc2c(F)c(-c3ccc(CCC4CCC(CC/C=C/C)CC4)cc3)ccc2c1. The molecule has 0 nitrogen and oxygen atoms in total. The van der Waals surface area contributed by atoms with E-state index in [2.05, 4.69) is 73.7 Å². The zero-order valence-corrected chi connectivity index (χ0v) is 21.6. The van der Waals surface area contributed by atoms with Crippen molar-refractivity contribution in [2.75, 3.05) is 0 Å². The average Bonchev–Trinajstić information content (AvgIpc) is 2.89. The summed E-state index contributed by atoms with van der Waals surface area (Å²) in [6, 6.07) is 18.8. The minimum Gasteiger partial charge on any atom is -0.206 e. The van der Waals surface area contributed by atoms with Gasteiger partial charge in [0.15, 0.2) is 0 Å². The van der Waals surface area contributed by atoms with Gasteiger partial charge in [0.25, 0.3) is 0 Å². The van der Waals surface area contributed by atoms with Gasteiger partial charge in [0.05, 0.1) is 0 Å². The summed E-state index contributed by atoms with van der Waals surface area (Å²) >= 11 is 0. The Balaban J connectivity index is 1.34. The van der Waals surface area contributed by atoms with Crippen LogP contribution in [0.25, 0.3) is 21.9 Å². The van der Waals surface area contributed by atoms with Crippen LogP contribution >= 0.6 is 0 Å². The van der Waals surface area contributed by atoms with Crippen molar-refractivity contribution in [1.29, 1.82) is 0 Å². The van der Waals surface area contributed by atoms with Crippen LogP contribution in [0.2, 0.25) is 0 Å². The topological polar surface area (TPSA) is 0 Å². The predicted molar refractivity (Wildman–Crippen MR) is 150 cm³/mol. The molecular formula is C34H41F. The maximum absolute atomic E-state index is 15.4. The lowest BCUT2D eigenvalue weighted by molar-refractivity contribution is 0.254. The molecule has 1 fully saturated rings. The first-order valence-corrected chi connectivity index (χ1v) is 13.7. The van der Waals surface area contributed by atoms with Crippen LogP contribution in [0.3, 0.4) is 0 Å². The maximum Gasteiger partial charge on any atom is 0.138 e. The zero-order valence-electron chi connectivity index (χ0n) is 21.6. The summed E-state index contributed by atoms with van der Waals surface area (Å²) in [6.07, 6.45) is 21.3. The fourth-order valence-corrected chi connectivity index (χ4v) is 5.67. The van der Waals surface area contributed by atoms with E-state index in [-0.39, 0.29) is 5.82 Å². The van der Waals surface area contributed by atoms with Crippen LogP contribution in [0.4, 0.5) is 4.39 Å². The second-order valence-corrected chi connectivity index (χ2v) is 10.4. The Kier molecular flexibility index (Phi) is 9.35. The number of aryl methyl sites for hydroxylation is 2. The van der Waals surface area contributed by atoms with Crippen molar-refractivity contribution in [3.63, 3.8) is 0 Å². The first-order chi connectivity index (χ1) is 17.2. The zero-order chi connectivity index (χ0) is 24.5. The first kappa shape index (κ1) is 25.4. The maximum atomic E-state index is 15.4. The highest BCUT2D eigenvalue weighted by Gasteiger charge is 2.20. The van der Waals surface area contributed by atoms with Crippen LogP contribution in [0, 0.1) is 17.7 Å². The number of halogens is 1. The van der Waals surface area contributed by atoms with Crippen molar-refractivity contribution >= 4 is 10.8 Å². The van der Waals surface area contributed by atoms with Crippen LogP contribution < -0.4 is 0 Å². The van der Waals surface area contributed by atoms with E-state index in [0.717, 1.165) is 42.0 Å². The third kappa shape index (κ3) is 6.94. The molecular weight excluding hydrogens is 427 g/mol. The van der Waals surface area contributed by atoms with Gasteiger partial charge in [-0.1, -0.05) is 105 Å². The Morgan fingerprint density at radius 1 is 0.714 bits per heavy atom. The van der Waals surface area contributed by atoms with Crippen molar-refractivity contribution in [3.8, 4) is 11.1 Å². The quantitative estimate of drug-likeness (QED) is 0.260. The van der Waals surface area contributed by atoms with Crippen molar-refractivity contribution in [2.45, 2.75) is 78.1 Å². The Labute approximate surface area is 212 Å². The summed E-state index contributed by atoms with van der Waals surface area (Å²) < 4.78 is 15.4. The molecule has 3 aromatic rings. The molecule has 0 bridgehead atoms. The molecule has 35 heavy (non-hydrogen) atoms. The Bertz CT molecular complexity index is 1130. The van der Waals surface area contributed by atoms with Gasteiger partial charge < -0.3 is 0 Å². The molecule has 1 aliphatic rings. The molecule has 1 saturated carbocycles. The van der Waals surface area contributed by atoms with Gasteiger partial charge in [0.2, 0.25) is 0 Å². The number of allylic oxidation sites excluding steroid dienone is 4. The molecule has 0 atom stereocenters. The van der Waals surface area contributed by atoms with Gasteiger partial charge >= 0.3 is 0 Å². The van der Waals surface area contributed by atoms with E-state index in [9.17, 15) is 0 Å². The predicted octanol–water partition coefficient (Wildman–Crippen LogP) is 10.2. The Morgan fingerprint density at radius 3 is 2.09 bits per heavy atom. The molecule has 4 rings (SSSR count). The number of hydrogen-bond acceptors (Lipinski definition) is 0. The summed E-state index contributed by atoms with van der Waals surface area (Å²) in [6.45, 7) is 4.16. The number of fused-ring (bicyclic) bond motifs is 1. The highest BCUT2D eigenvalue weighted by molar-refractivity contribution is 5.88. The van der Waals surface area contributed by atoms with Gasteiger partial charge in [-0.3, -0.25) is 0 Å². The molecule has 0 amide bonds. The second kappa shape index (κ2) is 12.9. The van der Waals surface area contributed by atoms with E-state index in [1.807, 2.05) is 19.1 Å². The molecule has 0 saturated heterocycles. The van der Waals surface area contributed by atoms with Gasteiger partial charge in [-0.2, -0.15) is 0 Å². The van der Waals surface area contributed by atoms with Crippen molar-refractivity contribution in [2.24, 2.45) is 11.8 Å². The van der Waals surface area contributed by atoms with Crippen LogP contribution in [0.15, 0.2) is 78.9 Å². The van der Waals surface area contributed by atoms with Crippen molar-refractivity contribution in [1.82, 2.24) is 0 Å². The average molecular weight is 469 g/mol. The van der Waals surface area contributed by atoms with Crippen molar-refractivity contribution < 1.29 is 4.39 Å².